The summed E-state index contributed by atoms with van der Waals surface area (Å²) in [6, 6.07) is 11.7. The van der Waals surface area contributed by atoms with Crippen molar-refractivity contribution in [3.8, 4) is 0 Å². The number of rotatable bonds is 8. The lowest BCUT2D eigenvalue weighted by molar-refractivity contribution is 0.0820. The molecule has 0 aliphatic rings. The number of amides is 2. The van der Waals surface area contributed by atoms with Gasteiger partial charge in [-0.1, -0.05) is 51.5 Å². The molecule has 0 aliphatic carbocycles. The predicted molar refractivity (Wildman–Crippen MR) is 117 cm³/mol. The molecule has 2 rings (SSSR count). The highest BCUT2D eigenvalue weighted by Gasteiger charge is 2.21. The van der Waals surface area contributed by atoms with E-state index in [9.17, 15) is 9.59 Å². The van der Waals surface area contributed by atoms with Crippen molar-refractivity contribution in [2.45, 2.75) is 53.0 Å². The number of unbranched alkanes of at least 4 members (excludes halogenated alkanes) is 1. The largest absolute Gasteiger partial charge is 0.345 e. The molecule has 1 N–H and O–H groups in total. The summed E-state index contributed by atoms with van der Waals surface area (Å²) in [6.45, 7) is 8.15. The van der Waals surface area contributed by atoms with Crippen LogP contribution in [0.5, 0.6) is 0 Å². The number of aryl methyl sites for hydroxylation is 2. The van der Waals surface area contributed by atoms with Crippen molar-refractivity contribution < 1.29 is 9.59 Å². The van der Waals surface area contributed by atoms with Crippen molar-refractivity contribution in [1.82, 2.24) is 15.2 Å². The molecular weight excluding hydrogens is 362 g/mol. The van der Waals surface area contributed by atoms with Crippen LogP contribution in [0.2, 0.25) is 0 Å². The first-order valence-corrected chi connectivity index (χ1v) is 10.3. The number of nitrogens with one attached hydrogen (secondary N) is 1. The van der Waals surface area contributed by atoms with Gasteiger partial charge < -0.3 is 10.2 Å². The van der Waals surface area contributed by atoms with Gasteiger partial charge in [0.1, 0.15) is 5.69 Å². The molecule has 1 unspecified atom stereocenters. The third-order valence-corrected chi connectivity index (χ3v) is 5.07. The van der Waals surface area contributed by atoms with E-state index < -0.39 is 0 Å². The Morgan fingerprint density at radius 3 is 2.24 bits per heavy atom. The van der Waals surface area contributed by atoms with E-state index in [2.05, 4.69) is 55.3 Å². The first-order valence-electron chi connectivity index (χ1n) is 10.3. The molecular formula is C24H33N3O2. The van der Waals surface area contributed by atoms with Crippen molar-refractivity contribution in [2.75, 3.05) is 14.1 Å². The zero-order valence-corrected chi connectivity index (χ0v) is 18.5. The highest BCUT2D eigenvalue weighted by Crippen LogP contribution is 2.23. The molecule has 0 saturated heterocycles. The second kappa shape index (κ2) is 10.2. The minimum atomic E-state index is -0.178. The van der Waals surface area contributed by atoms with Gasteiger partial charge in [-0.05, 0) is 48.9 Å². The smallest absolute Gasteiger partial charge is 0.271 e. The highest BCUT2D eigenvalue weighted by molar-refractivity contribution is 5.97. The number of hydrogen-bond donors (Lipinski definition) is 1. The molecule has 5 nitrogen and oxygen atoms in total. The second-order valence-corrected chi connectivity index (χ2v) is 8.07. The van der Waals surface area contributed by atoms with Gasteiger partial charge in [0.2, 0.25) is 0 Å². The van der Waals surface area contributed by atoms with E-state index in [-0.39, 0.29) is 23.8 Å². The van der Waals surface area contributed by atoms with Gasteiger partial charge in [-0.25, -0.2) is 4.98 Å². The maximum atomic E-state index is 12.9. The molecule has 0 aliphatic heterocycles. The first-order chi connectivity index (χ1) is 13.7. The Hall–Kier alpha value is -2.69. The van der Waals surface area contributed by atoms with Crippen LogP contribution in [-0.2, 0) is 6.42 Å². The summed E-state index contributed by atoms with van der Waals surface area (Å²) in [5.41, 5.74) is 3.80. The molecule has 1 atom stereocenters. The fraction of sp³-hybridized carbons (Fsp3) is 0.458. The van der Waals surface area contributed by atoms with Crippen molar-refractivity contribution in [1.29, 1.82) is 0 Å². The number of benzene rings is 1. The zero-order valence-electron chi connectivity index (χ0n) is 18.5. The lowest BCUT2D eigenvalue weighted by Crippen LogP contribution is -2.32. The molecule has 1 aromatic heterocycles. The van der Waals surface area contributed by atoms with E-state index in [1.165, 1.54) is 23.3 Å². The van der Waals surface area contributed by atoms with E-state index in [1.54, 1.807) is 33.2 Å². The van der Waals surface area contributed by atoms with E-state index in [1.807, 2.05) is 0 Å². The number of aromatic nitrogens is 1. The van der Waals surface area contributed by atoms with Gasteiger partial charge in [0, 0.05) is 14.1 Å². The van der Waals surface area contributed by atoms with Crippen LogP contribution >= 0.6 is 0 Å². The van der Waals surface area contributed by atoms with E-state index in [0.29, 0.717) is 17.0 Å². The van der Waals surface area contributed by atoms with Gasteiger partial charge in [0.05, 0.1) is 17.3 Å². The van der Waals surface area contributed by atoms with Crippen LogP contribution < -0.4 is 5.32 Å². The van der Waals surface area contributed by atoms with Crippen LogP contribution in [0.3, 0.4) is 0 Å². The van der Waals surface area contributed by atoms with Crippen LogP contribution in [0.25, 0.3) is 0 Å². The minimum Gasteiger partial charge on any atom is -0.345 e. The van der Waals surface area contributed by atoms with Crippen molar-refractivity contribution >= 4 is 11.8 Å². The van der Waals surface area contributed by atoms with Gasteiger partial charge in [-0.2, -0.15) is 0 Å². The van der Waals surface area contributed by atoms with Gasteiger partial charge in [0.25, 0.3) is 11.8 Å². The molecule has 0 saturated carbocycles. The Morgan fingerprint density at radius 1 is 1.07 bits per heavy atom. The number of pyridine rings is 1. The summed E-state index contributed by atoms with van der Waals surface area (Å²) in [5.74, 6) is -0.112. The molecule has 29 heavy (non-hydrogen) atoms. The Kier molecular flexibility index (Phi) is 7.94. The fourth-order valence-electron chi connectivity index (χ4n) is 3.28. The summed E-state index contributed by atoms with van der Waals surface area (Å²) in [7, 11) is 3.36. The van der Waals surface area contributed by atoms with Crippen molar-refractivity contribution in [3.63, 3.8) is 0 Å². The molecule has 1 aromatic carbocycles. The van der Waals surface area contributed by atoms with Gasteiger partial charge in [-0.3, -0.25) is 9.59 Å². The molecule has 2 aromatic rings. The maximum Gasteiger partial charge on any atom is 0.271 e. The minimum absolute atomic E-state index is 0.0924. The Labute approximate surface area is 174 Å². The van der Waals surface area contributed by atoms with E-state index >= 15 is 0 Å². The average Bonchev–Trinajstić information content (AvgIpc) is 2.69. The third-order valence-electron chi connectivity index (χ3n) is 5.07. The van der Waals surface area contributed by atoms with Crippen molar-refractivity contribution in [3.05, 3.63) is 64.5 Å². The van der Waals surface area contributed by atoms with Crippen LogP contribution in [0.4, 0.5) is 0 Å². The molecule has 5 heteroatoms. The molecule has 0 radical (unpaired) electrons. The highest BCUT2D eigenvalue weighted by atomic mass is 16.2. The standard InChI is InChI=1S/C24H33N3O2/c1-7-8-9-18-10-12-19(13-11-18)22(16(2)3)26-23(28)20-14-15-21(25-17(20)4)24(29)27(5)6/h10-16,22H,7-9H2,1-6H3,(H,26,28). The molecule has 156 valence electrons. The Balaban J connectivity index is 2.18. The number of nitrogens with zero attached hydrogens (tertiary/aromatic N) is 2. The zero-order chi connectivity index (χ0) is 21.6. The van der Waals surface area contributed by atoms with E-state index in [0.717, 1.165) is 12.0 Å². The molecule has 0 fully saturated rings. The van der Waals surface area contributed by atoms with Crippen LogP contribution in [0, 0.1) is 12.8 Å². The molecule has 0 bridgehead atoms. The van der Waals surface area contributed by atoms with Crippen LogP contribution in [-0.4, -0.2) is 35.8 Å². The molecule has 1 heterocycles. The summed E-state index contributed by atoms with van der Waals surface area (Å²) < 4.78 is 0. The Morgan fingerprint density at radius 2 is 1.72 bits per heavy atom. The maximum absolute atomic E-state index is 12.9. The summed E-state index contributed by atoms with van der Waals surface area (Å²) in [5, 5.41) is 3.15. The summed E-state index contributed by atoms with van der Waals surface area (Å²) in [6.07, 6.45) is 3.44. The topological polar surface area (TPSA) is 62.3 Å². The lowest BCUT2D eigenvalue weighted by atomic mass is 9.94. The second-order valence-electron chi connectivity index (χ2n) is 8.07. The SMILES string of the molecule is CCCCc1ccc(C(NC(=O)c2ccc(C(=O)N(C)C)nc2C)C(C)C)cc1. The number of carbonyl (C=O) groups excluding carboxylic acids is 2. The predicted octanol–water partition coefficient (Wildman–Crippen LogP) is 4.56. The van der Waals surface area contributed by atoms with Gasteiger partial charge in [0.15, 0.2) is 0 Å². The Bertz CT molecular complexity index is 842. The molecule has 0 spiro atoms. The van der Waals surface area contributed by atoms with Crippen LogP contribution in [0.1, 0.15) is 77.3 Å². The third kappa shape index (κ3) is 5.89. The number of hydrogen-bond acceptors (Lipinski definition) is 3. The molecule has 2 amide bonds. The van der Waals surface area contributed by atoms with Gasteiger partial charge in [-0.15, -0.1) is 0 Å². The lowest BCUT2D eigenvalue weighted by Gasteiger charge is -2.23. The summed E-state index contributed by atoms with van der Waals surface area (Å²) >= 11 is 0. The fourth-order valence-corrected chi connectivity index (χ4v) is 3.28. The average molecular weight is 396 g/mol. The van der Waals surface area contributed by atoms with E-state index in [4.69, 9.17) is 0 Å². The van der Waals surface area contributed by atoms with Crippen LogP contribution in [0.15, 0.2) is 36.4 Å². The quantitative estimate of drug-likeness (QED) is 0.713. The monoisotopic (exact) mass is 395 g/mol. The first kappa shape index (κ1) is 22.6. The van der Waals surface area contributed by atoms with Crippen molar-refractivity contribution in [2.24, 2.45) is 5.92 Å². The van der Waals surface area contributed by atoms with Gasteiger partial charge >= 0.3 is 0 Å². The normalized spacial score (nSPS) is 12.0. The number of carbonyl (C=O) groups is 2. The summed E-state index contributed by atoms with van der Waals surface area (Å²) in [4.78, 5) is 30.8.